The molecule has 0 aliphatic heterocycles. The summed E-state index contributed by atoms with van der Waals surface area (Å²) in [7, 11) is -0.295. The van der Waals surface area contributed by atoms with Gasteiger partial charge in [0.1, 0.15) is 0 Å². The van der Waals surface area contributed by atoms with Crippen LogP contribution in [0.25, 0.3) is 0 Å². The first-order valence-electron chi connectivity index (χ1n) is 8.64. The minimum atomic E-state index is -0.295. The summed E-state index contributed by atoms with van der Waals surface area (Å²) in [5.41, 5.74) is 3.72. The summed E-state index contributed by atoms with van der Waals surface area (Å²) >= 11 is 2.39. The molecule has 2 rings (SSSR count). The van der Waals surface area contributed by atoms with Crippen LogP contribution in [0.4, 0.5) is 0 Å². The number of hydrogen-bond acceptors (Lipinski definition) is 0. The van der Waals surface area contributed by atoms with Gasteiger partial charge in [-0.15, -0.1) is 0 Å². The van der Waals surface area contributed by atoms with Crippen LogP contribution in [-0.2, 0) is 20.4 Å². The van der Waals surface area contributed by atoms with Crippen molar-refractivity contribution < 1.29 is 57.7 Å². The van der Waals surface area contributed by atoms with Gasteiger partial charge in [0.05, 0.1) is 0 Å². The fourth-order valence-electron chi connectivity index (χ4n) is 3.49. The Hall–Kier alpha value is 0.501. The Labute approximate surface area is 187 Å². The first-order valence-corrected chi connectivity index (χ1v) is 10.8. The normalized spacial score (nSPS) is 14.5. The van der Waals surface area contributed by atoms with Crippen LogP contribution in [0.15, 0.2) is 50.6 Å². The van der Waals surface area contributed by atoms with E-state index in [1.807, 2.05) is 0 Å². The molecule has 0 fully saturated rings. The van der Waals surface area contributed by atoms with Crippen LogP contribution < -0.4 is 42.4 Å². The van der Waals surface area contributed by atoms with Crippen molar-refractivity contribution in [3.05, 3.63) is 50.6 Å². The zero-order valence-electron chi connectivity index (χ0n) is 15.8. The molecule has 1 aliphatic carbocycles. The first-order chi connectivity index (χ1) is 10.4. The minimum Gasteiger partial charge on any atom is -1.00 e. The van der Waals surface area contributed by atoms with Crippen molar-refractivity contribution in [1.29, 1.82) is 0 Å². The largest absolute Gasteiger partial charge is 1.00 e. The van der Waals surface area contributed by atoms with Crippen LogP contribution in [-0.4, -0.2) is 9.52 Å². The topological polar surface area (TPSA) is 0 Å². The molecule has 1 aromatic carbocycles. The van der Waals surface area contributed by atoms with Crippen molar-refractivity contribution in [2.45, 2.75) is 59.8 Å². The molecule has 0 saturated heterocycles. The molecule has 0 atom stereocenters. The van der Waals surface area contributed by atoms with E-state index in [0.717, 1.165) is 0 Å². The fourth-order valence-corrected chi connectivity index (χ4v) is 6.68. The third-order valence-electron chi connectivity index (χ3n) is 4.48. The van der Waals surface area contributed by atoms with E-state index in [1.54, 1.807) is 25.4 Å². The fraction of sp³-hybridized carbons (Fsp3) is 0.500. The van der Waals surface area contributed by atoms with Crippen molar-refractivity contribution in [1.82, 2.24) is 0 Å². The summed E-state index contributed by atoms with van der Waals surface area (Å²) in [4.78, 5) is 0. The summed E-state index contributed by atoms with van der Waals surface area (Å²) in [6, 6.07) is 11.1. The minimum absolute atomic E-state index is 0. The van der Waals surface area contributed by atoms with Gasteiger partial charge in [-0.1, -0.05) is 0 Å². The molecule has 1 aromatic rings. The predicted octanol–water partition coefficient (Wildman–Crippen LogP) is -4.42. The van der Waals surface area contributed by atoms with Crippen LogP contribution in [0.5, 0.6) is 0 Å². The standard InChI is InChI=1S/C20H29Si.3ClH.Ti/c1-5-6-8-11-16-14-18(15-19(16)20(2,3)4)21-17-12-9-7-10-13-17;;;;/h7,9-10,12-13H,5-6,8,11,14,21H2,1-4H3;3*1H;/q;;;;+3/p-3. The maximum absolute atomic E-state index is 2.39. The van der Waals surface area contributed by atoms with Crippen LogP contribution in [0.1, 0.15) is 59.8 Å². The van der Waals surface area contributed by atoms with Gasteiger partial charge in [-0.05, 0) is 0 Å². The van der Waals surface area contributed by atoms with Crippen LogP contribution in [0.3, 0.4) is 0 Å². The Morgan fingerprint density at radius 2 is 1.60 bits per heavy atom. The second kappa shape index (κ2) is 12.8. The second-order valence-corrected chi connectivity index (χ2v) is 10.3. The molecular formula is C20H29Cl3SiTi. The van der Waals surface area contributed by atoms with Gasteiger partial charge in [0.2, 0.25) is 0 Å². The Bertz CT molecular complexity index is 574. The van der Waals surface area contributed by atoms with Gasteiger partial charge < -0.3 is 37.2 Å². The Morgan fingerprint density at radius 1 is 1.00 bits per heavy atom. The molecule has 0 amide bonds. The van der Waals surface area contributed by atoms with Crippen LogP contribution >= 0.6 is 0 Å². The Kier molecular flexibility index (Phi) is 14.2. The van der Waals surface area contributed by atoms with E-state index in [-0.39, 0.29) is 46.7 Å². The molecule has 0 spiro atoms. The zero-order valence-corrected chi connectivity index (χ0v) is 21.0. The SMILES string of the molecule is CCCCCC1=C(C(C)(C)C)[C]([Ti+3])=C([SiH2]c2ccccc2)C1.[Cl-].[Cl-].[Cl-]. The monoisotopic (exact) mass is 450 g/mol. The van der Waals surface area contributed by atoms with Crippen molar-refractivity contribution in [2.24, 2.45) is 5.41 Å². The molecule has 0 bridgehead atoms. The summed E-state index contributed by atoms with van der Waals surface area (Å²) in [5.74, 6) is 0. The molecule has 138 valence electrons. The van der Waals surface area contributed by atoms with Gasteiger partial charge in [-0.3, -0.25) is 0 Å². The third kappa shape index (κ3) is 7.95. The average molecular weight is 452 g/mol. The van der Waals surface area contributed by atoms with Gasteiger partial charge in [0.15, 0.2) is 0 Å². The molecule has 0 N–H and O–H groups in total. The third-order valence-corrected chi connectivity index (χ3v) is 7.88. The molecule has 1 aliphatic rings. The second-order valence-electron chi connectivity index (χ2n) is 7.50. The Balaban J connectivity index is 0. The molecule has 0 nitrogen and oxygen atoms in total. The summed E-state index contributed by atoms with van der Waals surface area (Å²) in [5, 5.41) is 3.36. The quantitative estimate of drug-likeness (QED) is 0.303. The number of benzene rings is 1. The number of halogens is 3. The number of rotatable bonds is 6. The maximum Gasteiger partial charge on any atom is -1.00 e. The molecule has 25 heavy (non-hydrogen) atoms. The molecule has 0 aromatic heterocycles. The zero-order chi connectivity index (χ0) is 16.2. The smallest absolute Gasteiger partial charge is 1.00 e. The predicted molar refractivity (Wildman–Crippen MR) is 96.9 cm³/mol. The van der Waals surface area contributed by atoms with Crippen LogP contribution in [0, 0.1) is 5.41 Å². The molecule has 0 heterocycles. The molecule has 5 heteroatoms. The molecule has 0 radical (unpaired) electrons. The van der Waals surface area contributed by atoms with E-state index in [1.165, 1.54) is 32.1 Å². The summed E-state index contributed by atoms with van der Waals surface area (Å²) in [6.07, 6.45) is 6.62. The molecule has 0 unspecified atom stereocenters. The first kappa shape index (κ1) is 27.7. The van der Waals surface area contributed by atoms with Gasteiger partial charge in [0.25, 0.3) is 0 Å². The Morgan fingerprint density at radius 3 is 2.12 bits per heavy atom. The van der Waals surface area contributed by atoms with Gasteiger partial charge in [-0.2, -0.15) is 0 Å². The molecular weight excluding hydrogens is 423 g/mol. The van der Waals surface area contributed by atoms with E-state index >= 15 is 0 Å². The van der Waals surface area contributed by atoms with Crippen molar-refractivity contribution in [3.63, 3.8) is 0 Å². The van der Waals surface area contributed by atoms with Crippen molar-refractivity contribution in [2.75, 3.05) is 0 Å². The van der Waals surface area contributed by atoms with Gasteiger partial charge >= 0.3 is 151 Å². The van der Waals surface area contributed by atoms with Gasteiger partial charge in [-0.25, -0.2) is 0 Å². The number of allylic oxidation sites excluding steroid dienone is 4. The van der Waals surface area contributed by atoms with E-state index in [0.29, 0.717) is 5.41 Å². The van der Waals surface area contributed by atoms with Crippen molar-refractivity contribution in [3.8, 4) is 0 Å². The summed E-state index contributed by atoms with van der Waals surface area (Å²) in [6.45, 7) is 9.46. The van der Waals surface area contributed by atoms with E-state index < -0.39 is 0 Å². The number of hydrogen-bond donors (Lipinski definition) is 0. The van der Waals surface area contributed by atoms with Crippen molar-refractivity contribution >= 4 is 14.7 Å². The van der Waals surface area contributed by atoms with E-state index in [9.17, 15) is 0 Å². The van der Waals surface area contributed by atoms with E-state index in [4.69, 9.17) is 0 Å². The molecule has 0 saturated carbocycles. The summed E-state index contributed by atoms with van der Waals surface area (Å²) < 4.78 is 1.63. The van der Waals surface area contributed by atoms with Crippen LogP contribution in [0.2, 0.25) is 0 Å². The average Bonchev–Trinajstić information content (AvgIpc) is 2.76. The maximum atomic E-state index is 2.39. The van der Waals surface area contributed by atoms with E-state index in [2.05, 4.69) is 78.5 Å². The number of unbranched alkanes of at least 4 members (excludes halogenated alkanes) is 2. The van der Waals surface area contributed by atoms with Gasteiger partial charge in [0, 0.05) is 0 Å².